The molecule has 0 unspecified atom stereocenters. The molecule has 18 heavy (non-hydrogen) atoms. The molecule has 0 fully saturated rings. The Balaban J connectivity index is 0.00000162. The Morgan fingerprint density at radius 3 is 2.61 bits per heavy atom. The van der Waals surface area contributed by atoms with Crippen LogP contribution in [-0.2, 0) is 6.54 Å². The van der Waals surface area contributed by atoms with Crippen molar-refractivity contribution in [3.63, 3.8) is 0 Å². The number of anilines is 1. The lowest BCUT2D eigenvalue weighted by Crippen LogP contribution is -3.00. The van der Waals surface area contributed by atoms with E-state index in [1.54, 1.807) is 18.4 Å². The van der Waals surface area contributed by atoms with Crippen molar-refractivity contribution in [1.29, 1.82) is 0 Å². The summed E-state index contributed by atoms with van der Waals surface area (Å²) in [7, 11) is 1.61. The minimum absolute atomic E-state index is 0. The summed E-state index contributed by atoms with van der Waals surface area (Å²) in [4.78, 5) is 2.64. The zero-order valence-corrected chi connectivity index (χ0v) is 12.5. The molecular weight excluding hydrogens is 289 g/mol. The Morgan fingerprint density at radius 2 is 2.06 bits per heavy atom. The van der Waals surface area contributed by atoms with Gasteiger partial charge in [0.15, 0.2) is 0 Å². The summed E-state index contributed by atoms with van der Waals surface area (Å²) < 4.78 is 5.11. The number of thiophene rings is 1. The van der Waals surface area contributed by atoms with E-state index in [9.17, 15) is 0 Å². The van der Waals surface area contributed by atoms with E-state index in [1.165, 1.54) is 9.75 Å². The molecule has 0 aliphatic rings. The van der Waals surface area contributed by atoms with Gasteiger partial charge in [-0.05, 0) is 37.3 Å². The Hall–Kier alpha value is -0.900. The van der Waals surface area contributed by atoms with Crippen LogP contribution in [0.1, 0.15) is 9.75 Å². The van der Waals surface area contributed by atoms with Crippen LogP contribution in [0.3, 0.4) is 0 Å². The highest BCUT2D eigenvalue weighted by Gasteiger charge is 2.02. The standard InChI is InChI=1S/C13H14ClNOS.ClH/c1-9-3-5-11(17-9)8-15-10-4-6-13(16-2)12(14)7-10;/h3-7,15H,8H2,1-2H3;1H/p-1. The maximum atomic E-state index is 6.05. The van der Waals surface area contributed by atoms with Crippen LogP contribution in [0.25, 0.3) is 0 Å². The van der Waals surface area contributed by atoms with Crippen molar-refractivity contribution in [2.24, 2.45) is 0 Å². The molecule has 0 atom stereocenters. The second kappa shape index (κ2) is 6.88. The predicted octanol–water partition coefficient (Wildman–Crippen LogP) is 1.33. The molecule has 0 aliphatic carbocycles. The zero-order chi connectivity index (χ0) is 12.3. The van der Waals surface area contributed by atoms with Crippen LogP contribution < -0.4 is 22.5 Å². The molecule has 98 valence electrons. The first-order valence-corrected chi connectivity index (χ1v) is 6.51. The molecule has 2 rings (SSSR count). The second-order valence-electron chi connectivity index (χ2n) is 3.72. The number of hydrogen-bond donors (Lipinski definition) is 1. The average Bonchev–Trinajstić information content (AvgIpc) is 2.73. The molecular formula is C13H14Cl2NOS-. The van der Waals surface area contributed by atoms with Crippen molar-refractivity contribution in [2.75, 3.05) is 12.4 Å². The van der Waals surface area contributed by atoms with Gasteiger partial charge in [-0.3, -0.25) is 0 Å². The molecule has 0 saturated heterocycles. The third-order valence-electron chi connectivity index (χ3n) is 2.41. The molecule has 0 amide bonds. The van der Waals surface area contributed by atoms with E-state index in [2.05, 4.69) is 24.4 Å². The van der Waals surface area contributed by atoms with Crippen molar-refractivity contribution < 1.29 is 17.1 Å². The summed E-state index contributed by atoms with van der Waals surface area (Å²) in [6.45, 7) is 2.93. The van der Waals surface area contributed by atoms with E-state index >= 15 is 0 Å². The second-order valence-corrected chi connectivity index (χ2v) is 5.49. The first kappa shape index (κ1) is 15.2. The van der Waals surface area contributed by atoms with E-state index in [0.717, 1.165) is 12.2 Å². The van der Waals surface area contributed by atoms with E-state index in [1.807, 2.05) is 18.2 Å². The summed E-state index contributed by atoms with van der Waals surface area (Å²) >= 11 is 7.85. The van der Waals surface area contributed by atoms with Crippen molar-refractivity contribution in [3.8, 4) is 5.75 Å². The number of rotatable bonds is 4. The molecule has 1 heterocycles. The third-order valence-corrected chi connectivity index (χ3v) is 3.71. The summed E-state index contributed by atoms with van der Waals surface area (Å²) in [6.07, 6.45) is 0. The molecule has 1 N–H and O–H groups in total. The predicted molar refractivity (Wildman–Crippen MR) is 74.4 cm³/mol. The number of aryl methyl sites for hydroxylation is 1. The number of hydrogen-bond acceptors (Lipinski definition) is 3. The fourth-order valence-electron chi connectivity index (χ4n) is 1.55. The van der Waals surface area contributed by atoms with Crippen LogP contribution in [0, 0.1) is 6.92 Å². The highest BCUT2D eigenvalue weighted by molar-refractivity contribution is 7.11. The van der Waals surface area contributed by atoms with Gasteiger partial charge in [0.2, 0.25) is 0 Å². The van der Waals surface area contributed by atoms with Gasteiger partial charge < -0.3 is 22.5 Å². The van der Waals surface area contributed by atoms with Crippen LogP contribution >= 0.6 is 22.9 Å². The van der Waals surface area contributed by atoms with Crippen molar-refractivity contribution in [1.82, 2.24) is 0 Å². The molecule has 1 aromatic carbocycles. The van der Waals surface area contributed by atoms with Gasteiger partial charge in [0, 0.05) is 22.0 Å². The maximum absolute atomic E-state index is 6.05. The molecule has 1 aromatic heterocycles. The first-order valence-electron chi connectivity index (χ1n) is 5.32. The van der Waals surface area contributed by atoms with Gasteiger partial charge in [0.05, 0.1) is 12.1 Å². The van der Waals surface area contributed by atoms with Crippen molar-refractivity contribution in [3.05, 3.63) is 45.1 Å². The van der Waals surface area contributed by atoms with E-state index in [4.69, 9.17) is 16.3 Å². The van der Waals surface area contributed by atoms with Gasteiger partial charge in [0.25, 0.3) is 0 Å². The normalized spacial score (nSPS) is 9.72. The largest absolute Gasteiger partial charge is 1.00 e. The summed E-state index contributed by atoms with van der Waals surface area (Å²) in [5.74, 6) is 0.698. The van der Waals surface area contributed by atoms with Crippen LogP contribution in [-0.4, -0.2) is 7.11 Å². The molecule has 0 saturated carbocycles. The minimum atomic E-state index is 0. The Kier molecular flexibility index (Phi) is 5.79. The van der Waals surface area contributed by atoms with Crippen LogP contribution in [0.5, 0.6) is 5.75 Å². The fraction of sp³-hybridized carbons (Fsp3) is 0.231. The van der Waals surface area contributed by atoms with Gasteiger partial charge in [-0.1, -0.05) is 11.6 Å². The highest BCUT2D eigenvalue weighted by Crippen LogP contribution is 2.27. The summed E-state index contributed by atoms with van der Waals surface area (Å²) in [5.41, 5.74) is 1.00. The SMILES string of the molecule is COc1ccc(NCc2ccc(C)s2)cc1Cl.[Cl-]. The van der Waals surface area contributed by atoms with E-state index in [-0.39, 0.29) is 12.4 Å². The zero-order valence-electron chi connectivity index (χ0n) is 10.2. The van der Waals surface area contributed by atoms with Crippen molar-refractivity contribution in [2.45, 2.75) is 13.5 Å². The number of nitrogens with one attached hydrogen (secondary N) is 1. The molecule has 2 nitrogen and oxygen atoms in total. The number of methoxy groups -OCH3 is 1. The lowest BCUT2D eigenvalue weighted by Gasteiger charge is -2.07. The summed E-state index contributed by atoms with van der Waals surface area (Å²) in [6, 6.07) is 9.97. The van der Waals surface area contributed by atoms with Gasteiger partial charge >= 0.3 is 0 Å². The van der Waals surface area contributed by atoms with Gasteiger partial charge in [-0.15, -0.1) is 11.3 Å². The molecule has 5 heteroatoms. The third kappa shape index (κ3) is 3.80. The van der Waals surface area contributed by atoms with Gasteiger partial charge in [-0.2, -0.15) is 0 Å². The quantitative estimate of drug-likeness (QED) is 0.920. The lowest BCUT2D eigenvalue weighted by atomic mass is 10.3. The van der Waals surface area contributed by atoms with Crippen LogP contribution in [0.15, 0.2) is 30.3 Å². The molecule has 0 aliphatic heterocycles. The number of benzene rings is 1. The van der Waals surface area contributed by atoms with E-state index in [0.29, 0.717) is 10.8 Å². The minimum Gasteiger partial charge on any atom is -1.00 e. The van der Waals surface area contributed by atoms with Crippen molar-refractivity contribution >= 4 is 28.6 Å². The highest BCUT2D eigenvalue weighted by atomic mass is 35.5. The Morgan fingerprint density at radius 1 is 1.28 bits per heavy atom. The number of ether oxygens (including phenoxy) is 1. The van der Waals surface area contributed by atoms with Gasteiger partial charge in [0.1, 0.15) is 5.75 Å². The average molecular weight is 303 g/mol. The topological polar surface area (TPSA) is 21.3 Å². The Labute approximate surface area is 122 Å². The molecule has 0 spiro atoms. The molecule has 0 bridgehead atoms. The molecule has 2 aromatic rings. The lowest BCUT2D eigenvalue weighted by molar-refractivity contribution is -0.00000360. The summed E-state index contributed by atoms with van der Waals surface area (Å²) in [5, 5.41) is 3.96. The fourth-order valence-corrected chi connectivity index (χ4v) is 2.63. The van der Waals surface area contributed by atoms with Crippen LogP contribution in [0.2, 0.25) is 5.02 Å². The first-order chi connectivity index (χ1) is 8.19. The number of halogens is 2. The molecule has 0 radical (unpaired) electrons. The monoisotopic (exact) mass is 302 g/mol. The van der Waals surface area contributed by atoms with Crippen LogP contribution in [0.4, 0.5) is 5.69 Å². The smallest absolute Gasteiger partial charge is 0.137 e. The van der Waals surface area contributed by atoms with E-state index < -0.39 is 0 Å². The maximum Gasteiger partial charge on any atom is 0.137 e. The Bertz CT molecular complexity index is 513. The van der Waals surface area contributed by atoms with Gasteiger partial charge in [-0.25, -0.2) is 0 Å².